The van der Waals surface area contributed by atoms with Crippen LogP contribution in [0.15, 0.2) is 42.5 Å². The van der Waals surface area contributed by atoms with Crippen LogP contribution in [0.4, 0.5) is 4.79 Å². The SMILES string of the molecule is C[C@]1(c2ccccc2Cl)NC(=O)N(CCOc2c(Cl)cccc2Cl)C1=O. The standard InChI is InChI=1S/C18H15Cl3N2O3/c1-18(11-5-2-3-6-12(11)19)16(24)23(17(25)22-18)9-10-26-15-13(20)7-4-8-14(15)21/h2-8H,9-10H2,1H3,(H,22,25)/t18-/m1/s1. The lowest BCUT2D eigenvalue weighted by Gasteiger charge is -2.23. The molecule has 1 aliphatic heterocycles. The second-order valence-corrected chi connectivity index (χ2v) is 7.11. The molecule has 0 aliphatic carbocycles. The van der Waals surface area contributed by atoms with Crippen molar-refractivity contribution in [1.29, 1.82) is 0 Å². The lowest BCUT2D eigenvalue weighted by molar-refractivity contribution is -0.131. The average molecular weight is 414 g/mol. The first-order valence-corrected chi connectivity index (χ1v) is 8.94. The fraction of sp³-hybridized carbons (Fsp3) is 0.222. The molecule has 0 radical (unpaired) electrons. The third-order valence-electron chi connectivity index (χ3n) is 4.17. The van der Waals surface area contributed by atoms with Gasteiger partial charge in [-0.25, -0.2) is 4.79 Å². The number of ether oxygens (including phenoxy) is 1. The zero-order valence-electron chi connectivity index (χ0n) is 13.8. The van der Waals surface area contributed by atoms with E-state index in [0.29, 0.717) is 26.4 Å². The van der Waals surface area contributed by atoms with E-state index in [9.17, 15) is 9.59 Å². The molecule has 26 heavy (non-hydrogen) atoms. The molecule has 1 aliphatic rings. The van der Waals surface area contributed by atoms with Gasteiger partial charge in [-0.3, -0.25) is 9.69 Å². The van der Waals surface area contributed by atoms with E-state index < -0.39 is 17.5 Å². The van der Waals surface area contributed by atoms with Gasteiger partial charge in [-0.15, -0.1) is 0 Å². The van der Waals surface area contributed by atoms with Crippen molar-refractivity contribution in [2.45, 2.75) is 12.5 Å². The summed E-state index contributed by atoms with van der Waals surface area (Å²) in [5, 5.41) is 3.83. The van der Waals surface area contributed by atoms with Gasteiger partial charge < -0.3 is 10.1 Å². The molecule has 2 aromatic carbocycles. The molecule has 3 rings (SSSR count). The molecule has 1 saturated heterocycles. The van der Waals surface area contributed by atoms with Gasteiger partial charge >= 0.3 is 6.03 Å². The van der Waals surface area contributed by atoms with Crippen molar-refractivity contribution in [3.05, 3.63) is 63.1 Å². The predicted octanol–water partition coefficient (Wildman–Crippen LogP) is 4.49. The monoisotopic (exact) mass is 412 g/mol. The van der Waals surface area contributed by atoms with Crippen LogP contribution in [0, 0.1) is 0 Å². The van der Waals surface area contributed by atoms with Crippen LogP contribution in [0.2, 0.25) is 15.1 Å². The van der Waals surface area contributed by atoms with Gasteiger partial charge in [-0.2, -0.15) is 0 Å². The van der Waals surface area contributed by atoms with Crippen molar-refractivity contribution in [1.82, 2.24) is 10.2 Å². The van der Waals surface area contributed by atoms with Crippen LogP contribution >= 0.6 is 34.8 Å². The maximum Gasteiger partial charge on any atom is 0.325 e. The van der Waals surface area contributed by atoms with Gasteiger partial charge in [0.2, 0.25) is 0 Å². The third-order valence-corrected chi connectivity index (χ3v) is 5.09. The number of imide groups is 1. The molecule has 1 heterocycles. The Morgan fingerprint density at radius 1 is 1.00 bits per heavy atom. The highest BCUT2D eigenvalue weighted by Crippen LogP contribution is 2.34. The highest BCUT2D eigenvalue weighted by atomic mass is 35.5. The summed E-state index contributed by atoms with van der Waals surface area (Å²) in [7, 11) is 0. The Bertz CT molecular complexity index is 854. The molecule has 1 N–H and O–H groups in total. The number of carbonyl (C=O) groups is 2. The predicted molar refractivity (Wildman–Crippen MR) is 101 cm³/mol. The van der Waals surface area contributed by atoms with Crippen LogP contribution in [0.25, 0.3) is 0 Å². The fourth-order valence-corrected chi connectivity index (χ4v) is 3.64. The molecule has 5 nitrogen and oxygen atoms in total. The Kier molecular flexibility index (Phi) is 5.32. The maximum atomic E-state index is 12.8. The average Bonchev–Trinajstić information content (AvgIpc) is 2.81. The molecule has 8 heteroatoms. The first-order valence-electron chi connectivity index (χ1n) is 7.80. The van der Waals surface area contributed by atoms with Gasteiger partial charge in [0.05, 0.1) is 16.6 Å². The first kappa shape index (κ1) is 18.8. The number of carbonyl (C=O) groups excluding carboxylic acids is 2. The van der Waals surface area contributed by atoms with E-state index in [4.69, 9.17) is 39.5 Å². The summed E-state index contributed by atoms with van der Waals surface area (Å²) >= 11 is 18.3. The van der Waals surface area contributed by atoms with Gasteiger partial charge in [0, 0.05) is 10.6 Å². The molecular weight excluding hydrogens is 399 g/mol. The van der Waals surface area contributed by atoms with E-state index >= 15 is 0 Å². The minimum atomic E-state index is -1.22. The molecule has 0 unspecified atom stereocenters. The first-order chi connectivity index (χ1) is 12.3. The molecular formula is C18H15Cl3N2O3. The van der Waals surface area contributed by atoms with Crippen molar-refractivity contribution < 1.29 is 14.3 Å². The van der Waals surface area contributed by atoms with Gasteiger partial charge in [0.15, 0.2) is 5.75 Å². The highest BCUT2D eigenvalue weighted by molar-refractivity contribution is 6.37. The van der Waals surface area contributed by atoms with Gasteiger partial charge in [0.25, 0.3) is 5.91 Å². The second kappa shape index (κ2) is 7.35. The number of benzene rings is 2. The Hall–Kier alpha value is -1.95. The number of hydrogen-bond donors (Lipinski definition) is 1. The van der Waals surface area contributed by atoms with Crippen molar-refractivity contribution in [2.24, 2.45) is 0 Å². The highest BCUT2D eigenvalue weighted by Gasteiger charge is 2.49. The van der Waals surface area contributed by atoms with E-state index in [2.05, 4.69) is 5.32 Å². The summed E-state index contributed by atoms with van der Waals surface area (Å²) in [5.41, 5.74) is -0.685. The minimum absolute atomic E-state index is 0.0479. The molecule has 136 valence electrons. The zero-order chi connectivity index (χ0) is 18.9. The van der Waals surface area contributed by atoms with Crippen molar-refractivity contribution in [2.75, 3.05) is 13.2 Å². The summed E-state index contributed by atoms with van der Waals surface area (Å²) in [6.45, 7) is 1.73. The minimum Gasteiger partial charge on any atom is -0.489 e. The number of halogens is 3. The Morgan fingerprint density at radius 3 is 2.27 bits per heavy atom. The summed E-state index contributed by atoms with van der Waals surface area (Å²) in [6.07, 6.45) is 0. The number of nitrogens with zero attached hydrogens (tertiary/aromatic N) is 1. The summed E-state index contributed by atoms with van der Waals surface area (Å²) in [6, 6.07) is 11.4. The van der Waals surface area contributed by atoms with E-state index in [1.165, 1.54) is 0 Å². The second-order valence-electron chi connectivity index (χ2n) is 5.89. The number of hydrogen-bond acceptors (Lipinski definition) is 3. The Morgan fingerprint density at radius 2 is 1.62 bits per heavy atom. The number of nitrogens with one attached hydrogen (secondary N) is 1. The van der Waals surface area contributed by atoms with Gasteiger partial charge in [-0.1, -0.05) is 59.1 Å². The smallest absolute Gasteiger partial charge is 0.325 e. The van der Waals surface area contributed by atoms with E-state index in [1.54, 1.807) is 49.4 Å². The van der Waals surface area contributed by atoms with Gasteiger partial charge in [-0.05, 0) is 25.1 Å². The molecule has 1 atom stereocenters. The number of rotatable bonds is 5. The van der Waals surface area contributed by atoms with Crippen molar-refractivity contribution in [3.63, 3.8) is 0 Å². The molecule has 0 bridgehead atoms. The largest absolute Gasteiger partial charge is 0.489 e. The molecule has 2 aromatic rings. The molecule has 0 saturated carbocycles. The lowest BCUT2D eigenvalue weighted by atomic mass is 9.92. The summed E-state index contributed by atoms with van der Waals surface area (Å²) < 4.78 is 5.56. The number of urea groups is 1. The summed E-state index contributed by atoms with van der Waals surface area (Å²) in [5.74, 6) is -0.0822. The summed E-state index contributed by atoms with van der Waals surface area (Å²) in [4.78, 5) is 26.2. The maximum absolute atomic E-state index is 12.8. The number of para-hydroxylation sites is 1. The quantitative estimate of drug-likeness (QED) is 0.735. The van der Waals surface area contributed by atoms with Crippen LogP contribution in [0.5, 0.6) is 5.75 Å². The zero-order valence-corrected chi connectivity index (χ0v) is 16.0. The molecule has 3 amide bonds. The number of amides is 3. The molecule has 0 spiro atoms. The van der Waals surface area contributed by atoms with Gasteiger partial charge in [0.1, 0.15) is 12.1 Å². The van der Waals surface area contributed by atoms with E-state index in [1.807, 2.05) is 0 Å². The van der Waals surface area contributed by atoms with Crippen LogP contribution in [-0.4, -0.2) is 30.0 Å². The third kappa shape index (κ3) is 3.34. The van der Waals surface area contributed by atoms with Crippen molar-refractivity contribution in [3.8, 4) is 5.75 Å². The van der Waals surface area contributed by atoms with E-state index in [-0.39, 0.29) is 13.2 Å². The van der Waals surface area contributed by atoms with Crippen LogP contribution < -0.4 is 10.1 Å². The lowest BCUT2D eigenvalue weighted by Crippen LogP contribution is -2.41. The molecule has 0 aromatic heterocycles. The van der Waals surface area contributed by atoms with Crippen LogP contribution in [0.1, 0.15) is 12.5 Å². The van der Waals surface area contributed by atoms with Crippen LogP contribution in [0.3, 0.4) is 0 Å². The fourth-order valence-electron chi connectivity index (χ4n) is 2.81. The van der Waals surface area contributed by atoms with Crippen LogP contribution in [-0.2, 0) is 10.3 Å². The van der Waals surface area contributed by atoms with E-state index in [0.717, 1.165) is 4.90 Å². The molecule has 1 fully saturated rings. The van der Waals surface area contributed by atoms with Crippen molar-refractivity contribution >= 4 is 46.7 Å². The Labute approximate surface area is 165 Å². The Balaban J connectivity index is 1.73. The topological polar surface area (TPSA) is 58.6 Å². The normalized spacial score (nSPS) is 19.6.